The second-order valence-corrected chi connectivity index (χ2v) is 10.7. The zero-order valence-electron chi connectivity index (χ0n) is 15.8. The summed E-state index contributed by atoms with van der Waals surface area (Å²) in [6.07, 6.45) is 0.564. The molecule has 1 amide bonds. The molecule has 1 aromatic carbocycles. The molecule has 0 bridgehead atoms. The van der Waals surface area contributed by atoms with E-state index in [1.54, 1.807) is 16.7 Å². The van der Waals surface area contributed by atoms with Gasteiger partial charge < -0.3 is 4.90 Å². The van der Waals surface area contributed by atoms with Crippen molar-refractivity contribution in [3.8, 4) is 0 Å². The quantitative estimate of drug-likeness (QED) is 0.707. The summed E-state index contributed by atoms with van der Waals surface area (Å²) in [7, 11) is -3.00. The van der Waals surface area contributed by atoms with Gasteiger partial charge in [-0.15, -0.1) is 11.8 Å². The number of sulfone groups is 1. The van der Waals surface area contributed by atoms with Gasteiger partial charge in [0.15, 0.2) is 9.84 Å². The Morgan fingerprint density at radius 2 is 1.84 bits per heavy atom. The summed E-state index contributed by atoms with van der Waals surface area (Å²) in [4.78, 5) is 15.8. The predicted molar refractivity (Wildman–Crippen MR) is 105 cm³/mol. The van der Waals surface area contributed by atoms with Crippen molar-refractivity contribution in [2.45, 2.75) is 52.0 Å². The molecule has 0 aromatic heterocycles. The number of thioether (sulfide) groups is 1. The van der Waals surface area contributed by atoms with Gasteiger partial charge in [0.05, 0.1) is 17.3 Å². The van der Waals surface area contributed by atoms with E-state index in [-0.39, 0.29) is 23.5 Å². The van der Waals surface area contributed by atoms with Crippen LogP contribution in [0, 0.1) is 26.7 Å². The topological polar surface area (TPSA) is 54.5 Å². The van der Waals surface area contributed by atoms with Gasteiger partial charge in [-0.05, 0) is 44.2 Å². The number of aryl methyl sites for hydroxylation is 3. The minimum atomic E-state index is -3.00. The lowest BCUT2D eigenvalue weighted by Crippen LogP contribution is -2.44. The zero-order chi connectivity index (χ0) is 18.8. The SMILES string of the molecule is Cc1cc(C)c(SCC(=O)N(CC(C)C)C2CCS(=O)(=O)C2)c(C)c1. The fourth-order valence-corrected chi connectivity index (χ4v) is 6.22. The smallest absolute Gasteiger partial charge is 0.233 e. The van der Waals surface area contributed by atoms with Crippen LogP contribution in [0.25, 0.3) is 0 Å². The first-order chi connectivity index (χ1) is 11.6. The van der Waals surface area contributed by atoms with Crippen LogP contribution in [-0.2, 0) is 14.6 Å². The maximum absolute atomic E-state index is 12.8. The molecule has 1 fully saturated rings. The van der Waals surface area contributed by atoms with Gasteiger partial charge in [0.2, 0.25) is 5.91 Å². The first kappa shape index (κ1) is 20.3. The highest BCUT2D eigenvalue weighted by molar-refractivity contribution is 8.00. The van der Waals surface area contributed by atoms with Crippen LogP contribution in [0.2, 0.25) is 0 Å². The highest BCUT2D eigenvalue weighted by atomic mass is 32.2. The number of hydrogen-bond acceptors (Lipinski definition) is 4. The van der Waals surface area contributed by atoms with E-state index in [0.717, 1.165) is 4.90 Å². The largest absolute Gasteiger partial charge is 0.338 e. The summed E-state index contributed by atoms with van der Waals surface area (Å²) in [6, 6.07) is 4.10. The van der Waals surface area contributed by atoms with Crippen LogP contribution in [0.4, 0.5) is 0 Å². The van der Waals surface area contributed by atoms with Gasteiger partial charge in [-0.2, -0.15) is 0 Å². The van der Waals surface area contributed by atoms with Crippen molar-refractivity contribution in [2.75, 3.05) is 23.8 Å². The Balaban J connectivity index is 2.10. The van der Waals surface area contributed by atoms with E-state index in [4.69, 9.17) is 0 Å². The maximum atomic E-state index is 12.8. The third-order valence-electron chi connectivity index (χ3n) is 4.48. The molecule has 0 spiro atoms. The standard InChI is InChI=1S/C19H29NO3S2/c1-13(2)10-20(17-6-7-25(22,23)12-17)18(21)11-24-19-15(4)8-14(3)9-16(19)5/h8-9,13,17H,6-7,10-12H2,1-5H3. The lowest BCUT2D eigenvalue weighted by Gasteiger charge is -2.30. The van der Waals surface area contributed by atoms with Gasteiger partial charge in [-0.1, -0.05) is 31.5 Å². The number of rotatable bonds is 6. The number of benzene rings is 1. The molecule has 1 aliphatic rings. The molecule has 1 aliphatic heterocycles. The normalized spacial score (nSPS) is 19.4. The maximum Gasteiger partial charge on any atom is 0.233 e. The van der Waals surface area contributed by atoms with Crippen molar-refractivity contribution in [2.24, 2.45) is 5.92 Å². The van der Waals surface area contributed by atoms with Crippen LogP contribution in [0.1, 0.15) is 37.0 Å². The van der Waals surface area contributed by atoms with E-state index in [2.05, 4.69) is 46.8 Å². The minimum Gasteiger partial charge on any atom is -0.338 e. The molecule has 6 heteroatoms. The molecule has 1 aromatic rings. The Morgan fingerprint density at radius 3 is 2.32 bits per heavy atom. The van der Waals surface area contributed by atoms with Crippen LogP contribution in [0.15, 0.2) is 17.0 Å². The lowest BCUT2D eigenvalue weighted by molar-refractivity contribution is -0.130. The first-order valence-corrected chi connectivity index (χ1v) is 11.6. The average molecular weight is 384 g/mol. The lowest BCUT2D eigenvalue weighted by atomic mass is 10.1. The molecular formula is C19H29NO3S2. The van der Waals surface area contributed by atoms with Crippen molar-refractivity contribution < 1.29 is 13.2 Å². The second kappa shape index (κ2) is 8.12. The molecule has 4 nitrogen and oxygen atoms in total. The number of carbonyl (C=O) groups excluding carboxylic acids is 1. The van der Waals surface area contributed by atoms with E-state index in [0.29, 0.717) is 24.6 Å². The zero-order valence-corrected chi connectivity index (χ0v) is 17.5. The van der Waals surface area contributed by atoms with Crippen molar-refractivity contribution >= 4 is 27.5 Å². The number of hydrogen-bond donors (Lipinski definition) is 0. The molecule has 0 aliphatic carbocycles. The summed E-state index contributed by atoms with van der Waals surface area (Å²) in [6.45, 7) is 11.0. The fourth-order valence-electron chi connectivity index (χ4n) is 3.48. The summed E-state index contributed by atoms with van der Waals surface area (Å²) >= 11 is 1.56. The molecule has 0 saturated carbocycles. The molecule has 2 rings (SSSR count). The molecular weight excluding hydrogens is 354 g/mol. The van der Waals surface area contributed by atoms with E-state index >= 15 is 0 Å². The fraction of sp³-hybridized carbons (Fsp3) is 0.632. The van der Waals surface area contributed by atoms with Gasteiger partial charge >= 0.3 is 0 Å². The van der Waals surface area contributed by atoms with Gasteiger partial charge in [0.25, 0.3) is 0 Å². The molecule has 1 unspecified atom stereocenters. The third-order valence-corrected chi connectivity index (χ3v) is 7.55. The Kier molecular flexibility index (Phi) is 6.60. The van der Waals surface area contributed by atoms with E-state index in [1.807, 2.05) is 0 Å². The molecule has 0 N–H and O–H groups in total. The monoisotopic (exact) mass is 383 g/mol. The molecule has 0 radical (unpaired) electrons. The Labute approximate surface area is 156 Å². The van der Waals surface area contributed by atoms with E-state index < -0.39 is 9.84 Å². The predicted octanol–water partition coefficient (Wildman–Crippen LogP) is 3.38. The summed E-state index contributed by atoms with van der Waals surface area (Å²) in [5.74, 6) is 1.02. The van der Waals surface area contributed by atoms with Crippen LogP contribution in [0.3, 0.4) is 0 Å². The molecule has 25 heavy (non-hydrogen) atoms. The second-order valence-electron chi connectivity index (χ2n) is 7.51. The number of amides is 1. The molecule has 1 saturated heterocycles. The first-order valence-electron chi connectivity index (χ1n) is 8.79. The van der Waals surface area contributed by atoms with E-state index in [9.17, 15) is 13.2 Å². The average Bonchev–Trinajstić information content (AvgIpc) is 2.83. The molecule has 140 valence electrons. The Morgan fingerprint density at radius 1 is 1.24 bits per heavy atom. The highest BCUT2D eigenvalue weighted by Crippen LogP contribution is 2.28. The van der Waals surface area contributed by atoms with Crippen LogP contribution < -0.4 is 0 Å². The number of nitrogens with zero attached hydrogens (tertiary/aromatic N) is 1. The van der Waals surface area contributed by atoms with Crippen LogP contribution >= 0.6 is 11.8 Å². The van der Waals surface area contributed by atoms with Gasteiger partial charge in [-0.3, -0.25) is 4.79 Å². The third kappa shape index (κ3) is 5.48. The molecule has 1 heterocycles. The summed E-state index contributed by atoms with van der Waals surface area (Å²) < 4.78 is 23.6. The highest BCUT2D eigenvalue weighted by Gasteiger charge is 2.34. The van der Waals surface area contributed by atoms with Crippen LogP contribution in [-0.4, -0.2) is 49.1 Å². The van der Waals surface area contributed by atoms with Gasteiger partial charge in [-0.25, -0.2) is 8.42 Å². The van der Waals surface area contributed by atoms with Crippen molar-refractivity contribution in [3.63, 3.8) is 0 Å². The molecule has 1 atom stereocenters. The van der Waals surface area contributed by atoms with Gasteiger partial charge in [0.1, 0.15) is 0 Å². The summed E-state index contributed by atoms with van der Waals surface area (Å²) in [5.41, 5.74) is 3.60. The van der Waals surface area contributed by atoms with Crippen molar-refractivity contribution in [1.82, 2.24) is 4.90 Å². The van der Waals surface area contributed by atoms with Gasteiger partial charge in [0, 0.05) is 17.5 Å². The summed E-state index contributed by atoms with van der Waals surface area (Å²) in [5, 5.41) is 0. The Bertz CT molecular complexity index is 718. The number of carbonyl (C=O) groups is 1. The Hall–Kier alpha value is -1.01. The minimum absolute atomic E-state index is 0.0418. The van der Waals surface area contributed by atoms with Crippen molar-refractivity contribution in [3.05, 3.63) is 28.8 Å². The van der Waals surface area contributed by atoms with E-state index in [1.165, 1.54) is 16.7 Å². The van der Waals surface area contributed by atoms with Crippen molar-refractivity contribution in [1.29, 1.82) is 0 Å². The van der Waals surface area contributed by atoms with Crippen LogP contribution in [0.5, 0.6) is 0 Å².